The first-order valence-corrected chi connectivity index (χ1v) is 9.05. The van der Waals surface area contributed by atoms with Gasteiger partial charge in [-0.05, 0) is 44.2 Å². The lowest BCUT2D eigenvalue weighted by Gasteiger charge is -2.27. The fourth-order valence-electron chi connectivity index (χ4n) is 2.94. The summed E-state index contributed by atoms with van der Waals surface area (Å²) in [7, 11) is 0. The summed E-state index contributed by atoms with van der Waals surface area (Å²) in [6.07, 6.45) is 2.72. The lowest BCUT2D eigenvalue weighted by atomic mass is 10.2. The Bertz CT molecular complexity index is 711. The van der Waals surface area contributed by atoms with Gasteiger partial charge in [0.25, 0.3) is 5.91 Å². The zero-order valence-electron chi connectivity index (χ0n) is 14.9. The number of hydrogen-bond acceptors (Lipinski definition) is 4. The van der Waals surface area contributed by atoms with Gasteiger partial charge in [0.05, 0.1) is 16.9 Å². The highest BCUT2D eigenvalue weighted by Gasteiger charge is 2.14. The number of halogens is 2. The van der Waals surface area contributed by atoms with E-state index in [2.05, 4.69) is 20.6 Å². The van der Waals surface area contributed by atoms with Gasteiger partial charge >= 0.3 is 0 Å². The fourth-order valence-corrected chi connectivity index (χ4v) is 3.07. The Kier molecular flexibility index (Phi) is 7.90. The lowest BCUT2D eigenvalue weighted by molar-refractivity contribution is 0.0950. The number of carbonyl (C=O) groups excluding carboxylic acids is 1. The third-order valence-electron chi connectivity index (χ3n) is 4.38. The van der Waals surface area contributed by atoms with Crippen molar-refractivity contribution < 1.29 is 4.79 Å². The summed E-state index contributed by atoms with van der Waals surface area (Å²) < 4.78 is 1.71. The Morgan fingerprint density at radius 1 is 1.27 bits per heavy atom. The number of nitrogens with zero attached hydrogens (tertiary/aromatic N) is 3. The average molecular weight is 398 g/mol. The fraction of sp³-hybridized carbons (Fsp3) is 0.444. The summed E-state index contributed by atoms with van der Waals surface area (Å²) in [6.45, 7) is 7.81. The van der Waals surface area contributed by atoms with Crippen molar-refractivity contribution in [1.29, 1.82) is 0 Å². The first kappa shape index (κ1) is 20.7. The van der Waals surface area contributed by atoms with Crippen molar-refractivity contribution in [3.63, 3.8) is 0 Å². The van der Waals surface area contributed by atoms with Gasteiger partial charge in [0.15, 0.2) is 0 Å². The standard InChI is InChI=1S/C18H24ClN5O.ClH/c1-14-17(13-24(22-14)16-5-3-15(19)4-6-16)18(25)21-7-2-10-23-11-8-20-9-12-23;/h3-6,13,20H,2,7-12H2,1H3,(H,21,25);1H. The molecule has 0 unspecified atom stereocenters. The molecular formula is C18H25Cl2N5O. The van der Waals surface area contributed by atoms with Crippen LogP contribution in [0, 0.1) is 6.92 Å². The van der Waals surface area contributed by atoms with Gasteiger partial charge < -0.3 is 15.5 Å². The molecule has 0 aliphatic carbocycles. The molecule has 8 heteroatoms. The van der Waals surface area contributed by atoms with Crippen LogP contribution in [0.5, 0.6) is 0 Å². The monoisotopic (exact) mass is 397 g/mol. The number of amides is 1. The van der Waals surface area contributed by atoms with Gasteiger partial charge in [-0.1, -0.05) is 11.6 Å². The summed E-state index contributed by atoms with van der Waals surface area (Å²) >= 11 is 5.91. The van der Waals surface area contributed by atoms with Gasteiger partial charge in [-0.3, -0.25) is 4.79 Å². The molecule has 2 N–H and O–H groups in total. The van der Waals surface area contributed by atoms with E-state index in [0.29, 0.717) is 17.1 Å². The van der Waals surface area contributed by atoms with E-state index in [-0.39, 0.29) is 18.3 Å². The van der Waals surface area contributed by atoms with Crippen molar-refractivity contribution >= 4 is 29.9 Å². The van der Waals surface area contributed by atoms with Gasteiger partial charge in [0.2, 0.25) is 0 Å². The number of rotatable bonds is 6. The number of piperazine rings is 1. The molecule has 1 aromatic heterocycles. The van der Waals surface area contributed by atoms with Crippen LogP contribution in [-0.4, -0.2) is 59.9 Å². The highest BCUT2D eigenvalue weighted by Crippen LogP contribution is 2.15. The predicted octanol–water partition coefficient (Wildman–Crippen LogP) is 2.28. The van der Waals surface area contributed by atoms with Crippen LogP contribution < -0.4 is 10.6 Å². The highest BCUT2D eigenvalue weighted by atomic mass is 35.5. The smallest absolute Gasteiger partial charge is 0.254 e. The maximum absolute atomic E-state index is 12.4. The molecule has 2 heterocycles. The first-order valence-electron chi connectivity index (χ1n) is 8.67. The highest BCUT2D eigenvalue weighted by molar-refractivity contribution is 6.30. The van der Waals surface area contributed by atoms with Crippen LogP contribution in [0.2, 0.25) is 5.02 Å². The molecule has 1 aromatic carbocycles. The van der Waals surface area contributed by atoms with E-state index in [4.69, 9.17) is 11.6 Å². The Balaban J connectivity index is 0.00000243. The van der Waals surface area contributed by atoms with Crippen molar-refractivity contribution in [2.45, 2.75) is 13.3 Å². The number of benzene rings is 1. The van der Waals surface area contributed by atoms with Crippen molar-refractivity contribution in [2.24, 2.45) is 0 Å². The zero-order valence-corrected chi connectivity index (χ0v) is 16.4. The molecular weight excluding hydrogens is 373 g/mol. The summed E-state index contributed by atoms with van der Waals surface area (Å²) in [4.78, 5) is 14.8. The maximum Gasteiger partial charge on any atom is 0.254 e. The van der Waals surface area contributed by atoms with Gasteiger partial charge in [0, 0.05) is 43.9 Å². The number of hydrogen-bond donors (Lipinski definition) is 2. The van der Waals surface area contributed by atoms with Gasteiger partial charge in [-0.2, -0.15) is 5.10 Å². The average Bonchev–Trinajstić information content (AvgIpc) is 3.02. The zero-order chi connectivity index (χ0) is 17.6. The van der Waals surface area contributed by atoms with Crippen LogP contribution in [0.15, 0.2) is 30.5 Å². The third-order valence-corrected chi connectivity index (χ3v) is 4.63. The van der Waals surface area contributed by atoms with E-state index < -0.39 is 0 Å². The van der Waals surface area contributed by atoms with Crippen LogP contribution in [-0.2, 0) is 0 Å². The number of nitrogens with one attached hydrogen (secondary N) is 2. The molecule has 1 amide bonds. The minimum absolute atomic E-state index is 0. The van der Waals surface area contributed by atoms with Gasteiger partial charge in [0.1, 0.15) is 0 Å². The number of carbonyl (C=O) groups is 1. The number of aromatic nitrogens is 2. The Hall–Kier alpha value is -1.60. The molecule has 26 heavy (non-hydrogen) atoms. The van der Waals surface area contributed by atoms with Crippen LogP contribution in [0.25, 0.3) is 5.69 Å². The molecule has 1 aliphatic heterocycles. The van der Waals surface area contributed by atoms with Crippen LogP contribution in [0.3, 0.4) is 0 Å². The minimum Gasteiger partial charge on any atom is -0.352 e. The molecule has 6 nitrogen and oxygen atoms in total. The molecule has 0 atom stereocenters. The topological polar surface area (TPSA) is 62.2 Å². The molecule has 2 aromatic rings. The molecule has 1 saturated heterocycles. The Morgan fingerprint density at radius 3 is 2.65 bits per heavy atom. The maximum atomic E-state index is 12.4. The number of aryl methyl sites for hydroxylation is 1. The largest absolute Gasteiger partial charge is 0.352 e. The summed E-state index contributed by atoms with van der Waals surface area (Å²) in [6, 6.07) is 7.38. The van der Waals surface area contributed by atoms with E-state index in [1.165, 1.54) is 0 Å². The van der Waals surface area contributed by atoms with Crippen molar-refractivity contribution in [3.05, 3.63) is 46.7 Å². The quantitative estimate of drug-likeness (QED) is 0.733. The van der Waals surface area contributed by atoms with Crippen molar-refractivity contribution in [2.75, 3.05) is 39.3 Å². The predicted molar refractivity (Wildman–Crippen MR) is 107 cm³/mol. The molecule has 3 rings (SSSR count). The molecule has 0 spiro atoms. The SMILES string of the molecule is Cc1nn(-c2ccc(Cl)cc2)cc1C(=O)NCCCN1CCNCC1.Cl. The van der Waals surface area contributed by atoms with Gasteiger partial charge in [-0.25, -0.2) is 4.68 Å². The van der Waals surface area contributed by atoms with E-state index in [9.17, 15) is 4.79 Å². The van der Waals surface area contributed by atoms with Gasteiger partial charge in [-0.15, -0.1) is 12.4 Å². The van der Waals surface area contributed by atoms with Crippen molar-refractivity contribution in [1.82, 2.24) is 25.3 Å². The molecule has 1 fully saturated rings. The Labute approximate surface area is 165 Å². The van der Waals surface area contributed by atoms with Crippen LogP contribution >= 0.6 is 24.0 Å². The van der Waals surface area contributed by atoms with E-state index >= 15 is 0 Å². The molecule has 1 aliphatic rings. The summed E-state index contributed by atoms with van der Waals surface area (Å²) in [5, 5.41) is 11.4. The van der Waals surface area contributed by atoms with Crippen LogP contribution in [0.1, 0.15) is 22.5 Å². The molecule has 0 bridgehead atoms. The first-order chi connectivity index (χ1) is 12.1. The van der Waals surface area contributed by atoms with E-state index in [1.54, 1.807) is 10.9 Å². The van der Waals surface area contributed by atoms with E-state index in [0.717, 1.165) is 50.5 Å². The summed E-state index contributed by atoms with van der Waals surface area (Å²) in [5.74, 6) is -0.0713. The molecule has 0 radical (unpaired) electrons. The van der Waals surface area contributed by atoms with E-state index in [1.807, 2.05) is 31.2 Å². The normalized spacial score (nSPS) is 14.7. The second-order valence-corrected chi connectivity index (χ2v) is 6.69. The minimum atomic E-state index is -0.0713. The third kappa shape index (κ3) is 5.45. The lowest BCUT2D eigenvalue weighted by Crippen LogP contribution is -2.44. The second-order valence-electron chi connectivity index (χ2n) is 6.25. The Morgan fingerprint density at radius 2 is 1.96 bits per heavy atom. The molecule has 142 valence electrons. The molecule has 0 saturated carbocycles. The summed E-state index contributed by atoms with van der Waals surface area (Å²) in [5.41, 5.74) is 2.21. The van der Waals surface area contributed by atoms with Crippen molar-refractivity contribution in [3.8, 4) is 5.69 Å². The second kappa shape index (κ2) is 9.92. The van der Waals surface area contributed by atoms with Crippen LogP contribution in [0.4, 0.5) is 0 Å².